The lowest BCUT2D eigenvalue weighted by Gasteiger charge is -2.11. The van der Waals surface area contributed by atoms with Crippen molar-refractivity contribution < 1.29 is 0 Å². The fourth-order valence-electron chi connectivity index (χ4n) is 2.67. The van der Waals surface area contributed by atoms with Crippen LogP contribution in [0.2, 0.25) is 0 Å². The molecule has 2 N–H and O–H groups in total. The summed E-state index contributed by atoms with van der Waals surface area (Å²) in [5.74, 6) is 2.80. The molecule has 1 aliphatic rings. The Morgan fingerprint density at radius 3 is 2.83 bits per heavy atom. The summed E-state index contributed by atoms with van der Waals surface area (Å²) in [5, 5.41) is 6.76. The number of hydrogen-bond donors (Lipinski definition) is 2. The summed E-state index contributed by atoms with van der Waals surface area (Å²) in [5.41, 5.74) is 2.51. The lowest BCUT2D eigenvalue weighted by molar-refractivity contribution is 0.738. The van der Waals surface area contributed by atoms with Gasteiger partial charge in [0.1, 0.15) is 5.82 Å². The number of nitrogens with one attached hydrogen (secondary N) is 2. The van der Waals surface area contributed by atoms with Crippen LogP contribution in [0.5, 0.6) is 0 Å². The number of imidazole rings is 1. The zero-order valence-corrected chi connectivity index (χ0v) is 14.6. The molecule has 5 heteroatoms. The quantitative estimate of drug-likeness (QED) is 0.608. The van der Waals surface area contributed by atoms with Gasteiger partial charge in [0.15, 0.2) is 5.96 Å². The lowest BCUT2D eigenvalue weighted by atomic mass is 10.1. The first kappa shape index (κ1) is 16.6. The molecule has 3 rings (SSSR count). The second kappa shape index (κ2) is 7.99. The SMILES string of the molecule is CCNC(=NCc1cccc(Cn2ccnc2C)c1)NCC1CC1. The fourth-order valence-corrected chi connectivity index (χ4v) is 2.67. The zero-order chi connectivity index (χ0) is 16.8. The zero-order valence-electron chi connectivity index (χ0n) is 14.6. The third-order valence-electron chi connectivity index (χ3n) is 4.29. The van der Waals surface area contributed by atoms with Crippen LogP contribution in [0.3, 0.4) is 0 Å². The molecule has 1 aromatic heterocycles. The van der Waals surface area contributed by atoms with Gasteiger partial charge in [-0.2, -0.15) is 0 Å². The third-order valence-corrected chi connectivity index (χ3v) is 4.29. The van der Waals surface area contributed by atoms with E-state index in [-0.39, 0.29) is 0 Å². The van der Waals surface area contributed by atoms with Crippen molar-refractivity contribution in [1.82, 2.24) is 20.2 Å². The molecule has 5 nitrogen and oxygen atoms in total. The van der Waals surface area contributed by atoms with Gasteiger partial charge in [-0.05, 0) is 43.7 Å². The van der Waals surface area contributed by atoms with Crippen molar-refractivity contribution in [2.45, 2.75) is 39.8 Å². The van der Waals surface area contributed by atoms with E-state index in [1.165, 1.54) is 24.0 Å². The van der Waals surface area contributed by atoms with E-state index in [2.05, 4.69) is 51.4 Å². The highest BCUT2D eigenvalue weighted by Gasteiger charge is 2.20. The van der Waals surface area contributed by atoms with Gasteiger partial charge in [-0.1, -0.05) is 24.3 Å². The third kappa shape index (κ3) is 4.85. The van der Waals surface area contributed by atoms with Crippen LogP contribution in [0.25, 0.3) is 0 Å². The van der Waals surface area contributed by atoms with Gasteiger partial charge in [0, 0.05) is 32.0 Å². The second-order valence-corrected chi connectivity index (χ2v) is 6.44. The number of nitrogens with zero attached hydrogens (tertiary/aromatic N) is 3. The Hall–Kier alpha value is -2.30. The predicted octanol–water partition coefficient (Wildman–Crippen LogP) is 2.70. The molecule has 0 spiro atoms. The van der Waals surface area contributed by atoms with Crippen LogP contribution in [0.15, 0.2) is 41.7 Å². The maximum atomic E-state index is 4.71. The monoisotopic (exact) mass is 325 g/mol. The highest BCUT2D eigenvalue weighted by Crippen LogP contribution is 2.27. The van der Waals surface area contributed by atoms with Crippen molar-refractivity contribution in [3.63, 3.8) is 0 Å². The van der Waals surface area contributed by atoms with E-state index in [1.807, 2.05) is 19.3 Å². The minimum absolute atomic E-state index is 0.691. The molecule has 1 fully saturated rings. The Morgan fingerprint density at radius 2 is 2.12 bits per heavy atom. The molecule has 0 atom stereocenters. The average molecular weight is 325 g/mol. The van der Waals surface area contributed by atoms with Crippen molar-refractivity contribution in [2.24, 2.45) is 10.9 Å². The molecule has 0 unspecified atom stereocenters. The first-order valence-corrected chi connectivity index (χ1v) is 8.82. The van der Waals surface area contributed by atoms with Crippen molar-refractivity contribution in [3.8, 4) is 0 Å². The Morgan fingerprint density at radius 1 is 1.29 bits per heavy atom. The molecule has 1 saturated carbocycles. The van der Waals surface area contributed by atoms with Gasteiger partial charge in [-0.15, -0.1) is 0 Å². The van der Waals surface area contributed by atoms with Crippen LogP contribution >= 0.6 is 0 Å². The molecule has 0 bridgehead atoms. The summed E-state index contributed by atoms with van der Waals surface area (Å²) in [6.45, 7) is 7.59. The smallest absolute Gasteiger partial charge is 0.191 e. The molecule has 1 aromatic carbocycles. The summed E-state index contributed by atoms with van der Waals surface area (Å²) in [4.78, 5) is 8.99. The normalized spacial score (nSPS) is 14.7. The van der Waals surface area contributed by atoms with Crippen LogP contribution in [0.4, 0.5) is 0 Å². The minimum Gasteiger partial charge on any atom is -0.357 e. The van der Waals surface area contributed by atoms with E-state index >= 15 is 0 Å². The van der Waals surface area contributed by atoms with Crippen LogP contribution < -0.4 is 10.6 Å². The lowest BCUT2D eigenvalue weighted by Crippen LogP contribution is -2.38. The summed E-state index contributed by atoms with van der Waals surface area (Å²) < 4.78 is 2.16. The second-order valence-electron chi connectivity index (χ2n) is 6.44. The molecule has 0 saturated heterocycles. The maximum absolute atomic E-state index is 4.71. The molecule has 1 aliphatic carbocycles. The van der Waals surface area contributed by atoms with Crippen LogP contribution in [-0.2, 0) is 13.1 Å². The van der Waals surface area contributed by atoms with Gasteiger partial charge in [0.2, 0.25) is 0 Å². The van der Waals surface area contributed by atoms with Gasteiger partial charge < -0.3 is 15.2 Å². The molecule has 0 aliphatic heterocycles. The maximum Gasteiger partial charge on any atom is 0.191 e. The molecular weight excluding hydrogens is 298 g/mol. The van der Waals surface area contributed by atoms with Crippen molar-refractivity contribution >= 4 is 5.96 Å². The number of aromatic nitrogens is 2. The summed E-state index contributed by atoms with van der Waals surface area (Å²) in [7, 11) is 0. The molecular formula is C19H27N5. The molecule has 128 valence electrons. The van der Waals surface area contributed by atoms with Gasteiger partial charge in [-0.25, -0.2) is 9.98 Å². The van der Waals surface area contributed by atoms with Crippen LogP contribution in [0, 0.1) is 12.8 Å². The highest BCUT2D eigenvalue weighted by atomic mass is 15.2. The van der Waals surface area contributed by atoms with Gasteiger partial charge in [0.25, 0.3) is 0 Å². The Labute approximate surface area is 144 Å². The van der Waals surface area contributed by atoms with E-state index in [1.54, 1.807) is 0 Å². The molecule has 0 radical (unpaired) electrons. The van der Waals surface area contributed by atoms with Gasteiger partial charge in [0.05, 0.1) is 6.54 Å². The Kier molecular flexibility index (Phi) is 5.51. The van der Waals surface area contributed by atoms with Crippen molar-refractivity contribution in [1.29, 1.82) is 0 Å². The van der Waals surface area contributed by atoms with E-state index in [0.717, 1.165) is 37.3 Å². The Bertz CT molecular complexity index is 685. The Balaban J connectivity index is 1.61. The van der Waals surface area contributed by atoms with E-state index < -0.39 is 0 Å². The number of guanidine groups is 1. The summed E-state index contributed by atoms with van der Waals surface area (Å²) in [6, 6.07) is 8.63. The van der Waals surface area contributed by atoms with Crippen molar-refractivity contribution in [3.05, 3.63) is 53.6 Å². The highest BCUT2D eigenvalue weighted by molar-refractivity contribution is 5.79. The van der Waals surface area contributed by atoms with Crippen LogP contribution in [-0.4, -0.2) is 28.6 Å². The van der Waals surface area contributed by atoms with Gasteiger partial charge in [-0.3, -0.25) is 0 Å². The number of aliphatic imine (C=N–C) groups is 1. The largest absolute Gasteiger partial charge is 0.357 e. The van der Waals surface area contributed by atoms with Crippen molar-refractivity contribution in [2.75, 3.05) is 13.1 Å². The molecule has 0 amide bonds. The topological polar surface area (TPSA) is 54.2 Å². The number of hydrogen-bond acceptors (Lipinski definition) is 2. The van der Waals surface area contributed by atoms with Crippen LogP contribution in [0.1, 0.15) is 36.7 Å². The molecule has 1 heterocycles. The standard InChI is InChI=1S/C19H27N5/c1-3-20-19(22-12-16-7-8-16)23-13-17-5-4-6-18(11-17)14-24-10-9-21-15(24)2/h4-6,9-11,16H,3,7-8,12-14H2,1-2H3,(H2,20,22,23). The molecule has 24 heavy (non-hydrogen) atoms. The number of aryl methyl sites for hydroxylation is 1. The fraction of sp³-hybridized carbons (Fsp3) is 0.474. The first-order chi connectivity index (χ1) is 11.7. The predicted molar refractivity (Wildman–Crippen MR) is 98.1 cm³/mol. The van der Waals surface area contributed by atoms with E-state index in [0.29, 0.717) is 6.54 Å². The van der Waals surface area contributed by atoms with E-state index in [4.69, 9.17) is 4.99 Å². The average Bonchev–Trinajstić information content (AvgIpc) is 3.33. The number of rotatable bonds is 7. The van der Waals surface area contributed by atoms with E-state index in [9.17, 15) is 0 Å². The summed E-state index contributed by atoms with van der Waals surface area (Å²) >= 11 is 0. The first-order valence-electron chi connectivity index (χ1n) is 8.82. The summed E-state index contributed by atoms with van der Waals surface area (Å²) in [6.07, 6.45) is 6.56. The van der Waals surface area contributed by atoms with Gasteiger partial charge >= 0.3 is 0 Å². The molecule has 2 aromatic rings. The number of benzene rings is 1. The minimum atomic E-state index is 0.691.